The van der Waals surface area contributed by atoms with Crippen LogP contribution in [0.2, 0.25) is 0 Å². The molecular formula is C23H20N4O3S2. The molecular weight excluding hydrogens is 444 g/mol. The maximum atomic E-state index is 12.7. The van der Waals surface area contributed by atoms with Crippen LogP contribution < -0.4 is 10.0 Å². The smallest absolute Gasteiger partial charge is 0.238 e. The highest BCUT2D eigenvalue weighted by molar-refractivity contribution is 8.00. The fraction of sp³-hybridized carbons (Fsp3) is 0.130. The van der Waals surface area contributed by atoms with Gasteiger partial charge in [0.15, 0.2) is 0 Å². The summed E-state index contributed by atoms with van der Waals surface area (Å²) in [6.45, 7) is 1.68. The topological polar surface area (TPSA) is 98.3 Å². The maximum Gasteiger partial charge on any atom is 0.238 e. The molecule has 7 nitrogen and oxygen atoms in total. The Kier molecular flexibility index (Phi) is 5.04. The average molecular weight is 465 g/mol. The van der Waals surface area contributed by atoms with Crippen LogP contribution in [0.4, 0.5) is 5.69 Å². The Bertz CT molecular complexity index is 1450. The van der Waals surface area contributed by atoms with Crippen LogP contribution in [-0.2, 0) is 14.8 Å². The molecule has 1 saturated heterocycles. The van der Waals surface area contributed by atoms with Crippen molar-refractivity contribution in [3.63, 3.8) is 0 Å². The molecule has 1 atom stereocenters. The van der Waals surface area contributed by atoms with E-state index < -0.39 is 10.0 Å². The minimum Gasteiger partial charge on any atom is -0.299 e. The number of nitrogens with zero attached hydrogens (tertiary/aromatic N) is 3. The highest BCUT2D eigenvalue weighted by Gasteiger charge is 2.34. The molecule has 0 saturated carbocycles. The number of para-hydroxylation sites is 2. The number of aryl methyl sites for hydroxylation is 1. The molecule has 1 fully saturated rings. The Morgan fingerprint density at radius 2 is 1.75 bits per heavy atom. The van der Waals surface area contributed by atoms with E-state index in [1.807, 2.05) is 53.1 Å². The Labute approximate surface area is 189 Å². The number of thioether (sulfide) groups is 1. The molecule has 9 heteroatoms. The Morgan fingerprint density at radius 3 is 2.50 bits per heavy atom. The predicted molar refractivity (Wildman–Crippen MR) is 126 cm³/mol. The van der Waals surface area contributed by atoms with E-state index in [0.29, 0.717) is 17.0 Å². The van der Waals surface area contributed by atoms with Gasteiger partial charge in [-0.05, 0) is 54.4 Å². The largest absolute Gasteiger partial charge is 0.299 e. The minimum absolute atomic E-state index is 0.0285. The number of primary sulfonamides is 1. The highest BCUT2D eigenvalue weighted by atomic mass is 32.2. The van der Waals surface area contributed by atoms with Gasteiger partial charge in [-0.1, -0.05) is 30.3 Å². The van der Waals surface area contributed by atoms with E-state index in [9.17, 15) is 13.2 Å². The van der Waals surface area contributed by atoms with Crippen molar-refractivity contribution in [1.82, 2.24) is 9.55 Å². The molecule has 1 aromatic heterocycles. The SMILES string of the molecule is Cc1ccc(N2C(=O)CSC2c2ccc(-n3cnc4ccccc43)cc2)cc1S(N)(=O)=O. The van der Waals surface area contributed by atoms with Crippen LogP contribution in [0.1, 0.15) is 16.5 Å². The van der Waals surface area contributed by atoms with Crippen LogP contribution in [0.3, 0.4) is 0 Å². The lowest BCUT2D eigenvalue weighted by Crippen LogP contribution is -2.28. The van der Waals surface area contributed by atoms with Crippen molar-refractivity contribution < 1.29 is 13.2 Å². The summed E-state index contributed by atoms with van der Waals surface area (Å²) in [6.07, 6.45) is 1.79. The first kappa shape index (κ1) is 20.7. The van der Waals surface area contributed by atoms with Crippen LogP contribution in [0.15, 0.2) is 78.0 Å². The van der Waals surface area contributed by atoms with Crippen molar-refractivity contribution in [2.75, 3.05) is 10.7 Å². The average Bonchev–Trinajstić information content (AvgIpc) is 3.37. The van der Waals surface area contributed by atoms with Gasteiger partial charge >= 0.3 is 0 Å². The molecule has 0 bridgehead atoms. The van der Waals surface area contributed by atoms with E-state index >= 15 is 0 Å². The molecule has 0 spiro atoms. The number of benzene rings is 3. The predicted octanol–water partition coefficient (Wildman–Crippen LogP) is 3.76. The molecule has 1 aliphatic heterocycles. The molecule has 1 amide bonds. The normalized spacial score (nSPS) is 16.8. The molecule has 1 unspecified atom stereocenters. The van der Waals surface area contributed by atoms with Gasteiger partial charge in [0, 0.05) is 11.4 Å². The molecule has 0 radical (unpaired) electrons. The zero-order chi connectivity index (χ0) is 22.5. The number of hydrogen-bond acceptors (Lipinski definition) is 5. The standard InChI is InChI=1S/C23H20N4O3S2/c1-15-6-9-18(12-21(15)32(24,29)30)27-22(28)13-31-23(27)16-7-10-17(11-8-16)26-14-25-19-4-2-3-5-20(19)26/h2-12,14,23H,13H2,1H3,(H2,24,29,30). The minimum atomic E-state index is -3.89. The van der Waals surface area contributed by atoms with Crippen molar-refractivity contribution in [2.45, 2.75) is 17.2 Å². The summed E-state index contributed by atoms with van der Waals surface area (Å²) in [4.78, 5) is 18.8. The number of imidazole rings is 1. The fourth-order valence-corrected chi connectivity index (χ4v) is 5.94. The number of nitrogens with two attached hydrogens (primary N) is 1. The first-order valence-electron chi connectivity index (χ1n) is 9.92. The third-order valence-corrected chi connectivity index (χ3v) is 7.80. The second-order valence-corrected chi connectivity index (χ2v) is 10.2. The van der Waals surface area contributed by atoms with Crippen molar-refractivity contribution in [2.24, 2.45) is 5.14 Å². The molecule has 0 aliphatic carbocycles. The summed E-state index contributed by atoms with van der Waals surface area (Å²) < 4.78 is 25.9. The quantitative estimate of drug-likeness (QED) is 0.496. The van der Waals surface area contributed by atoms with Crippen molar-refractivity contribution >= 4 is 44.4 Å². The first-order valence-corrected chi connectivity index (χ1v) is 12.5. The van der Waals surface area contributed by atoms with Gasteiger partial charge in [-0.2, -0.15) is 0 Å². The number of amides is 1. The van der Waals surface area contributed by atoms with Gasteiger partial charge in [-0.25, -0.2) is 18.5 Å². The number of aromatic nitrogens is 2. The van der Waals surface area contributed by atoms with Crippen LogP contribution in [0, 0.1) is 6.92 Å². The van der Waals surface area contributed by atoms with E-state index in [0.717, 1.165) is 22.3 Å². The number of rotatable bonds is 4. The molecule has 3 aromatic carbocycles. The second kappa shape index (κ2) is 7.77. The van der Waals surface area contributed by atoms with E-state index in [1.54, 1.807) is 30.3 Å². The summed E-state index contributed by atoms with van der Waals surface area (Å²) in [5.41, 5.74) is 4.92. The van der Waals surface area contributed by atoms with E-state index in [-0.39, 0.29) is 16.2 Å². The lowest BCUT2D eigenvalue weighted by molar-refractivity contribution is -0.115. The number of carbonyl (C=O) groups excluding carboxylic acids is 1. The number of fused-ring (bicyclic) bond motifs is 1. The summed E-state index contributed by atoms with van der Waals surface area (Å²) in [5.74, 6) is 0.242. The Morgan fingerprint density at radius 1 is 1.03 bits per heavy atom. The van der Waals surface area contributed by atoms with Gasteiger partial charge in [0.1, 0.15) is 11.7 Å². The van der Waals surface area contributed by atoms with Crippen molar-refractivity contribution in [3.8, 4) is 5.69 Å². The van der Waals surface area contributed by atoms with Gasteiger partial charge in [0.05, 0.1) is 21.7 Å². The number of hydrogen-bond donors (Lipinski definition) is 1. The van der Waals surface area contributed by atoms with Gasteiger partial charge in [-0.15, -0.1) is 11.8 Å². The molecule has 162 valence electrons. The van der Waals surface area contributed by atoms with Crippen LogP contribution in [0.5, 0.6) is 0 Å². The lowest BCUT2D eigenvalue weighted by atomic mass is 10.1. The summed E-state index contributed by atoms with van der Waals surface area (Å²) in [7, 11) is -3.89. The van der Waals surface area contributed by atoms with E-state index in [2.05, 4.69) is 4.98 Å². The lowest BCUT2D eigenvalue weighted by Gasteiger charge is -2.25. The molecule has 32 heavy (non-hydrogen) atoms. The van der Waals surface area contributed by atoms with Crippen LogP contribution >= 0.6 is 11.8 Å². The monoisotopic (exact) mass is 464 g/mol. The van der Waals surface area contributed by atoms with Gasteiger partial charge in [-0.3, -0.25) is 14.3 Å². The summed E-state index contributed by atoms with van der Waals surface area (Å²) in [6, 6.07) is 20.8. The van der Waals surface area contributed by atoms with Crippen molar-refractivity contribution in [1.29, 1.82) is 0 Å². The zero-order valence-corrected chi connectivity index (χ0v) is 18.8. The second-order valence-electron chi connectivity index (χ2n) is 7.62. The third kappa shape index (κ3) is 3.58. The number of anilines is 1. The van der Waals surface area contributed by atoms with E-state index in [1.165, 1.54) is 17.8 Å². The number of sulfonamides is 1. The third-order valence-electron chi connectivity index (χ3n) is 5.53. The Balaban J connectivity index is 1.50. The fourth-order valence-electron chi connectivity index (χ4n) is 3.96. The van der Waals surface area contributed by atoms with Crippen molar-refractivity contribution in [3.05, 3.63) is 84.2 Å². The van der Waals surface area contributed by atoms with Gasteiger partial charge in [0.25, 0.3) is 0 Å². The highest BCUT2D eigenvalue weighted by Crippen LogP contribution is 2.42. The molecule has 1 aliphatic rings. The molecule has 5 rings (SSSR count). The maximum absolute atomic E-state index is 12.7. The van der Waals surface area contributed by atoms with Gasteiger partial charge < -0.3 is 0 Å². The van der Waals surface area contributed by atoms with Gasteiger partial charge in [0.2, 0.25) is 15.9 Å². The van der Waals surface area contributed by atoms with Crippen LogP contribution in [-0.4, -0.2) is 29.6 Å². The Hall–Kier alpha value is -3.14. The summed E-state index contributed by atoms with van der Waals surface area (Å²) >= 11 is 1.51. The molecule has 4 aromatic rings. The van der Waals surface area contributed by atoms with Crippen LogP contribution in [0.25, 0.3) is 16.7 Å². The van der Waals surface area contributed by atoms with E-state index in [4.69, 9.17) is 5.14 Å². The molecule has 2 heterocycles. The number of carbonyl (C=O) groups is 1. The zero-order valence-electron chi connectivity index (χ0n) is 17.2. The molecule has 2 N–H and O–H groups in total. The summed E-state index contributed by atoms with van der Waals surface area (Å²) in [5, 5.41) is 5.11. The first-order chi connectivity index (χ1) is 15.3.